The average Bonchev–Trinajstić information content (AvgIpc) is 2.33. The van der Waals surface area contributed by atoms with Crippen molar-refractivity contribution in [1.29, 1.82) is 0 Å². The average molecular weight is 218 g/mol. The van der Waals surface area contributed by atoms with E-state index in [0.29, 0.717) is 23.5 Å². The van der Waals surface area contributed by atoms with Gasteiger partial charge in [-0.05, 0) is 23.8 Å². The second kappa shape index (κ2) is 4.67. The van der Waals surface area contributed by atoms with Gasteiger partial charge in [-0.15, -0.1) is 5.10 Å². The first-order valence-corrected chi connectivity index (χ1v) is 4.82. The highest BCUT2D eigenvalue weighted by atomic mass is 19.1. The third-order valence-electron chi connectivity index (χ3n) is 2.20. The van der Waals surface area contributed by atoms with Crippen LogP contribution in [0.4, 0.5) is 10.2 Å². The van der Waals surface area contributed by atoms with Gasteiger partial charge in [0, 0.05) is 6.42 Å². The summed E-state index contributed by atoms with van der Waals surface area (Å²) < 4.78 is 13.3. The molecule has 0 saturated carbocycles. The quantitative estimate of drug-likeness (QED) is 0.605. The molecule has 4 nitrogen and oxygen atoms in total. The number of nitrogen functional groups attached to an aromatic ring is 1. The first-order chi connectivity index (χ1) is 7.79. The van der Waals surface area contributed by atoms with Gasteiger partial charge in [0.2, 0.25) is 0 Å². The van der Waals surface area contributed by atoms with E-state index < -0.39 is 0 Å². The Hall–Kier alpha value is -2.01. The fraction of sp³-hybridized carbons (Fsp3) is 0.0909. The van der Waals surface area contributed by atoms with Crippen LogP contribution in [0.3, 0.4) is 0 Å². The number of nitrogens with one attached hydrogen (secondary N) is 1. The van der Waals surface area contributed by atoms with Crippen molar-refractivity contribution >= 4 is 5.82 Å². The first kappa shape index (κ1) is 10.5. The van der Waals surface area contributed by atoms with Gasteiger partial charge in [-0.1, -0.05) is 18.2 Å². The van der Waals surface area contributed by atoms with Gasteiger partial charge in [0.15, 0.2) is 5.82 Å². The zero-order chi connectivity index (χ0) is 11.4. The summed E-state index contributed by atoms with van der Waals surface area (Å²) in [5, 5.41) is 7.74. The highest BCUT2D eigenvalue weighted by Crippen LogP contribution is 2.11. The lowest BCUT2D eigenvalue weighted by atomic mass is 10.1. The first-order valence-electron chi connectivity index (χ1n) is 4.82. The van der Waals surface area contributed by atoms with E-state index in [4.69, 9.17) is 5.84 Å². The number of aromatic nitrogens is 2. The number of hydrogen-bond acceptors (Lipinski definition) is 4. The van der Waals surface area contributed by atoms with Crippen LogP contribution in [0.25, 0.3) is 0 Å². The van der Waals surface area contributed by atoms with Crippen LogP contribution in [0.1, 0.15) is 11.3 Å². The molecule has 0 saturated heterocycles. The number of benzene rings is 1. The molecule has 5 heteroatoms. The van der Waals surface area contributed by atoms with Crippen LogP contribution in [0, 0.1) is 5.82 Å². The maximum absolute atomic E-state index is 13.3. The van der Waals surface area contributed by atoms with E-state index in [-0.39, 0.29) is 5.82 Å². The summed E-state index contributed by atoms with van der Waals surface area (Å²) in [6, 6.07) is 10.1. The molecule has 0 amide bonds. The number of rotatable bonds is 3. The van der Waals surface area contributed by atoms with Crippen molar-refractivity contribution in [2.75, 3.05) is 5.43 Å². The van der Waals surface area contributed by atoms with Gasteiger partial charge in [0.25, 0.3) is 0 Å². The Balaban J connectivity index is 2.18. The van der Waals surface area contributed by atoms with E-state index in [1.807, 2.05) is 0 Å². The second-order valence-electron chi connectivity index (χ2n) is 3.32. The SMILES string of the molecule is NNc1ccc(Cc2ccccc2F)nn1. The number of hydrazine groups is 1. The lowest BCUT2D eigenvalue weighted by Gasteiger charge is -2.02. The molecule has 0 spiro atoms. The molecule has 0 aliphatic heterocycles. The molecule has 0 aliphatic rings. The standard InChI is InChI=1S/C11H11FN4/c12-10-4-2-1-3-8(10)7-9-5-6-11(14-13)16-15-9/h1-6H,7,13H2,(H,14,16). The Kier molecular flexibility index (Phi) is 3.07. The summed E-state index contributed by atoms with van der Waals surface area (Å²) in [6.07, 6.45) is 0.421. The van der Waals surface area contributed by atoms with Gasteiger partial charge in [-0.2, -0.15) is 5.10 Å². The molecule has 2 rings (SSSR count). The number of hydrogen-bond donors (Lipinski definition) is 2. The number of halogens is 1. The van der Waals surface area contributed by atoms with Crippen LogP contribution in [-0.4, -0.2) is 10.2 Å². The van der Waals surface area contributed by atoms with Gasteiger partial charge < -0.3 is 5.43 Å². The molecule has 0 aliphatic carbocycles. The Labute approximate surface area is 92.3 Å². The zero-order valence-corrected chi connectivity index (χ0v) is 8.52. The summed E-state index contributed by atoms with van der Waals surface area (Å²) in [4.78, 5) is 0. The lowest BCUT2D eigenvalue weighted by molar-refractivity contribution is 0.612. The van der Waals surface area contributed by atoms with E-state index >= 15 is 0 Å². The fourth-order valence-electron chi connectivity index (χ4n) is 1.37. The molecular formula is C11H11FN4. The van der Waals surface area contributed by atoms with Crippen molar-refractivity contribution in [2.24, 2.45) is 5.84 Å². The molecule has 0 unspecified atom stereocenters. The Morgan fingerprint density at radius 2 is 1.94 bits per heavy atom. The zero-order valence-electron chi connectivity index (χ0n) is 8.52. The van der Waals surface area contributed by atoms with Crippen molar-refractivity contribution in [1.82, 2.24) is 10.2 Å². The van der Waals surface area contributed by atoms with Crippen molar-refractivity contribution < 1.29 is 4.39 Å². The minimum absolute atomic E-state index is 0.231. The second-order valence-corrected chi connectivity index (χ2v) is 3.32. The predicted molar refractivity (Wildman–Crippen MR) is 59.0 cm³/mol. The Bertz CT molecular complexity index is 470. The molecule has 0 bridgehead atoms. The van der Waals surface area contributed by atoms with Crippen LogP contribution in [-0.2, 0) is 6.42 Å². The molecule has 1 heterocycles. The summed E-state index contributed by atoms with van der Waals surface area (Å²) in [6.45, 7) is 0. The topological polar surface area (TPSA) is 63.8 Å². The van der Waals surface area contributed by atoms with Gasteiger partial charge in [0.1, 0.15) is 5.82 Å². The normalized spacial score (nSPS) is 10.1. The molecule has 1 aromatic carbocycles. The monoisotopic (exact) mass is 218 g/mol. The summed E-state index contributed by atoms with van der Waals surface area (Å²) in [5.74, 6) is 5.42. The third kappa shape index (κ3) is 2.32. The van der Waals surface area contributed by atoms with Gasteiger partial charge in [-0.25, -0.2) is 10.2 Å². The molecule has 1 aromatic heterocycles. The van der Waals surface area contributed by atoms with Crippen molar-refractivity contribution in [3.8, 4) is 0 Å². The minimum Gasteiger partial charge on any atom is -0.307 e. The van der Waals surface area contributed by atoms with E-state index in [1.165, 1.54) is 6.07 Å². The highest BCUT2D eigenvalue weighted by Gasteiger charge is 2.03. The minimum atomic E-state index is -0.231. The van der Waals surface area contributed by atoms with Crippen LogP contribution in [0.2, 0.25) is 0 Å². The van der Waals surface area contributed by atoms with Crippen molar-refractivity contribution in [3.05, 3.63) is 53.5 Å². The van der Waals surface area contributed by atoms with Crippen molar-refractivity contribution in [2.45, 2.75) is 6.42 Å². The molecule has 0 atom stereocenters. The highest BCUT2D eigenvalue weighted by molar-refractivity contribution is 5.32. The lowest BCUT2D eigenvalue weighted by Crippen LogP contribution is -2.09. The fourth-order valence-corrected chi connectivity index (χ4v) is 1.37. The van der Waals surface area contributed by atoms with Crippen LogP contribution in [0.5, 0.6) is 0 Å². The summed E-state index contributed by atoms with van der Waals surface area (Å²) in [5.41, 5.74) is 3.68. The van der Waals surface area contributed by atoms with E-state index in [2.05, 4.69) is 15.6 Å². The molecule has 2 aromatic rings. The smallest absolute Gasteiger partial charge is 0.162 e. The largest absolute Gasteiger partial charge is 0.307 e. The van der Waals surface area contributed by atoms with Crippen LogP contribution < -0.4 is 11.3 Å². The molecule has 16 heavy (non-hydrogen) atoms. The Morgan fingerprint density at radius 1 is 1.12 bits per heavy atom. The molecule has 0 radical (unpaired) electrons. The maximum Gasteiger partial charge on any atom is 0.162 e. The predicted octanol–water partition coefficient (Wildman–Crippen LogP) is 1.49. The van der Waals surface area contributed by atoms with Gasteiger partial charge in [-0.3, -0.25) is 0 Å². The number of nitrogens with zero attached hydrogens (tertiary/aromatic N) is 2. The summed E-state index contributed by atoms with van der Waals surface area (Å²) >= 11 is 0. The summed E-state index contributed by atoms with van der Waals surface area (Å²) in [7, 11) is 0. The number of nitrogens with two attached hydrogens (primary N) is 1. The van der Waals surface area contributed by atoms with Crippen molar-refractivity contribution in [3.63, 3.8) is 0 Å². The van der Waals surface area contributed by atoms with Gasteiger partial charge in [0.05, 0.1) is 5.69 Å². The molecular weight excluding hydrogens is 207 g/mol. The number of anilines is 1. The molecule has 3 N–H and O–H groups in total. The van der Waals surface area contributed by atoms with E-state index in [0.717, 1.165) is 0 Å². The molecule has 0 fully saturated rings. The molecule has 82 valence electrons. The van der Waals surface area contributed by atoms with E-state index in [1.54, 1.807) is 30.3 Å². The van der Waals surface area contributed by atoms with Crippen LogP contribution in [0.15, 0.2) is 36.4 Å². The van der Waals surface area contributed by atoms with Crippen LogP contribution >= 0.6 is 0 Å². The van der Waals surface area contributed by atoms with E-state index in [9.17, 15) is 4.39 Å². The van der Waals surface area contributed by atoms with Gasteiger partial charge >= 0.3 is 0 Å². The maximum atomic E-state index is 13.3. The third-order valence-corrected chi connectivity index (χ3v) is 2.20. The Morgan fingerprint density at radius 3 is 2.56 bits per heavy atom.